The van der Waals surface area contributed by atoms with Gasteiger partial charge in [-0.15, -0.1) is 0 Å². The lowest BCUT2D eigenvalue weighted by molar-refractivity contribution is 0.0422. The Morgan fingerprint density at radius 3 is 2.78 bits per heavy atom. The molecule has 1 N–H and O–H groups in total. The van der Waals surface area contributed by atoms with Crippen LogP contribution in [0.5, 0.6) is 0 Å². The quantitative estimate of drug-likeness (QED) is 0.846. The molecular weight excluding hydrogens is 295 g/mol. The van der Waals surface area contributed by atoms with Crippen molar-refractivity contribution in [2.45, 2.75) is 45.1 Å². The first-order valence-electron chi connectivity index (χ1n) is 6.77. The molecule has 3 unspecified atom stereocenters. The molecule has 1 saturated carbocycles. The van der Waals surface area contributed by atoms with Crippen molar-refractivity contribution in [2.24, 2.45) is 11.8 Å². The third-order valence-electron chi connectivity index (χ3n) is 4.19. The van der Waals surface area contributed by atoms with Crippen LogP contribution in [0.25, 0.3) is 0 Å². The topological polar surface area (TPSA) is 20.2 Å². The molecule has 1 aliphatic carbocycles. The molecule has 0 spiro atoms. The minimum absolute atomic E-state index is 0.192. The van der Waals surface area contributed by atoms with E-state index in [1.807, 2.05) is 0 Å². The lowest BCUT2D eigenvalue weighted by Gasteiger charge is -2.35. The van der Waals surface area contributed by atoms with Crippen LogP contribution in [0.4, 0.5) is 4.39 Å². The van der Waals surface area contributed by atoms with Crippen molar-refractivity contribution in [3.63, 3.8) is 0 Å². The van der Waals surface area contributed by atoms with Crippen molar-refractivity contribution in [3.8, 4) is 0 Å². The molecule has 0 saturated heterocycles. The SMILES string of the molecule is CCC1CCCCC1C(O)c1c(F)cccc1Br. The van der Waals surface area contributed by atoms with Crippen LogP contribution in [0.15, 0.2) is 22.7 Å². The molecule has 0 aromatic heterocycles. The van der Waals surface area contributed by atoms with Crippen molar-refractivity contribution in [1.82, 2.24) is 0 Å². The zero-order valence-electron chi connectivity index (χ0n) is 10.7. The number of hydrogen-bond donors (Lipinski definition) is 1. The normalized spacial score (nSPS) is 26.0. The number of aliphatic hydroxyl groups is 1. The second-order valence-corrected chi connectivity index (χ2v) is 6.05. The maximum absolute atomic E-state index is 13.9. The molecule has 1 nitrogen and oxygen atoms in total. The third-order valence-corrected chi connectivity index (χ3v) is 4.88. The summed E-state index contributed by atoms with van der Waals surface area (Å²) in [7, 11) is 0. The number of aliphatic hydroxyl groups excluding tert-OH is 1. The summed E-state index contributed by atoms with van der Waals surface area (Å²) in [6.45, 7) is 2.16. The van der Waals surface area contributed by atoms with E-state index in [0.717, 1.165) is 25.7 Å². The zero-order valence-corrected chi connectivity index (χ0v) is 12.3. The smallest absolute Gasteiger partial charge is 0.130 e. The number of rotatable bonds is 3. The molecule has 100 valence electrons. The average molecular weight is 315 g/mol. The second kappa shape index (κ2) is 6.16. The van der Waals surface area contributed by atoms with Crippen LogP contribution in [-0.4, -0.2) is 5.11 Å². The van der Waals surface area contributed by atoms with E-state index < -0.39 is 6.10 Å². The van der Waals surface area contributed by atoms with Gasteiger partial charge in [-0.2, -0.15) is 0 Å². The van der Waals surface area contributed by atoms with Crippen molar-refractivity contribution in [1.29, 1.82) is 0 Å². The van der Waals surface area contributed by atoms with E-state index in [0.29, 0.717) is 16.0 Å². The van der Waals surface area contributed by atoms with Gasteiger partial charge in [0.1, 0.15) is 5.82 Å². The number of hydrogen-bond acceptors (Lipinski definition) is 1. The van der Waals surface area contributed by atoms with Gasteiger partial charge in [0.25, 0.3) is 0 Å². The van der Waals surface area contributed by atoms with E-state index in [2.05, 4.69) is 22.9 Å². The standard InChI is InChI=1S/C15H20BrFO/c1-2-10-6-3-4-7-11(10)15(18)14-12(16)8-5-9-13(14)17/h5,8-11,15,18H,2-4,6-7H2,1H3. The predicted octanol–water partition coefficient (Wildman–Crippen LogP) is 4.84. The van der Waals surface area contributed by atoms with E-state index in [-0.39, 0.29) is 11.7 Å². The van der Waals surface area contributed by atoms with Crippen LogP contribution in [-0.2, 0) is 0 Å². The van der Waals surface area contributed by atoms with E-state index in [4.69, 9.17) is 0 Å². The second-order valence-electron chi connectivity index (χ2n) is 5.20. The Morgan fingerprint density at radius 1 is 1.39 bits per heavy atom. The maximum atomic E-state index is 13.9. The van der Waals surface area contributed by atoms with Crippen LogP contribution in [0.1, 0.15) is 50.7 Å². The Bertz CT molecular complexity index is 387. The van der Waals surface area contributed by atoms with Gasteiger partial charge in [0, 0.05) is 10.0 Å². The van der Waals surface area contributed by atoms with E-state index in [1.54, 1.807) is 12.1 Å². The summed E-state index contributed by atoms with van der Waals surface area (Å²) in [5, 5.41) is 10.5. The Kier molecular flexibility index (Phi) is 4.79. The summed E-state index contributed by atoms with van der Waals surface area (Å²) in [6, 6.07) is 4.88. The third kappa shape index (κ3) is 2.77. The largest absolute Gasteiger partial charge is 0.388 e. The average Bonchev–Trinajstić information content (AvgIpc) is 2.38. The van der Waals surface area contributed by atoms with E-state index in [1.165, 1.54) is 12.5 Å². The van der Waals surface area contributed by atoms with Gasteiger partial charge in [0.05, 0.1) is 6.10 Å². The van der Waals surface area contributed by atoms with Crippen LogP contribution in [0, 0.1) is 17.7 Å². The number of halogens is 2. The maximum Gasteiger partial charge on any atom is 0.130 e. The zero-order chi connectivity index (χ0) is 13.1. The summed E-state index contributed by atoms with van der Waals surface area (Å²) in [6.07, 6.45) is 4.91. The molecule has 1 aromatic rings. The summed E-state index contributed by atoms with van der Waals surface area (Å²) < 4.78 is 14.6. The van der Waals surface area contributed by atoms with Gasteiger partial charge in [0.15, 0.2) is 0 Å². The molecule has 1 aromatic carbocycles. The predicted molar refractivity (Wildman–Crippen MR) is 74.8 cm³/mol. The molecule has 1 fully saturated rings. The van der Waals surface area contributed by atoms with Crippen LogP contribution < -0.4 is 0 Å². The highest BCUT2D eigenvalue weighted by Crippen LogP contribution is 2.42. The summed E-state index contributed by atoms with van der Waals surface area (Å²) in [4.78, 5) is 0. The van der Waals surface area contributed by atoms with Crippen molar-refractivity contribution in [2.75, 3.05) is 0 Å². The fourth-order valence-electron chi connectivity index (χ4n) is 3.17. The van der Waals surface area contributed by atoms with Gasteiger partial charge in [-0.05, 0) is 30.4 Å². The Morgan fingerprint density at radius 2 is 2.11 bits per heavy atom. The summed E-state index contributed by atoms with van der Waals surface area (Å²) >= 11 is 3.36. The van der Waals surface area contributed by atoms with Gasteiger partial charge >= 0.3 is 0 Å². The van der Waals surface area contributed by atoms with E-state index in [9.17, 15) is 9.50 Å². The summed E-state index contributed by atoms with van der Waals surface area (Å²) in [5.41, 5.74) is 0.433. The molecule has 3 heteroatoms. The van der Waals surface area contributed by atoms with Crippen LogP contribution in [0.2, 0.25) is 0 Å². The fourth-order valence-corrected chi connectivity index (χ4v) is 3.74. The highest BCUT2D eigenvalue weighted by molar-refractivity contribution is 9.10. The monoisotopic (exact) mass is 314 g/mol. The van der Waals surface area contributed by atoms with Gasteiger partial charge in [0.2, 0.25) is 0 Å². The first-order chi connectivity index (χ1) is 8.65. The first kappa shape index (κ1) is 14.0. The molecule has 18 heavy (non-hydrogen) atoms. The molecule has 2 rings (SSSR count). The minimum atomic E-state index is -0.689. The molecule has 3 atom stereocenters. The number of benzene rings is 1. The molecule has 0 amide bonds. The Balaban J connectivity index is 2.26. The lowest BCUT2D eigenvalue weighted by atomic mass is 9.73. The van der Waals surface area contributed by atoms with Gasteiger partial charge < -0.3 is 5.11 Å². The molecule has 0 aliphatic heterocycles. The fraction of sp³-hybridized carbons (Fsp3) is 0.600. The van der Waals surface area contributed by atoms with Crippen molar-refractivity contribution >= 4 is 15.9 Å². The highest BCUT2D eigenvalue weighted by Gasteiger charge is 2.32. The first-order valence-corrected chi connectivity index (χ1v) is 7.56. The van der Waals surface area contributed by atoms with Crippen molar-refractivity contribution in [3.05, 3.63) is 34.1 Å². The van der Waals surface area contributed by atoms with Crippen LogP contribution in [0.3, 0.4) is 0 Å². The van der Waals surface area contributed by atoms with Gasteiger partial charge in [-0.1, -0.05) is 54.6 Å². The van der Waals surface area contributed by atoms with Gasteiger partial charge in [-0.25, -0.2) is 4.39 Å². The van der Waals surface area contributed by atoms with Crippen molar-refractivity contribution < 1.29 is 9.50 Å². The molecule has 1 aliphatic rings. The van der Waals surface area contributed by atoms with Gasteiger partial charge in [-0.3, -0.25) is 0 Å². The summed E-state index contributed by atoms with van der Waals surface area (Å²) in [5.74, 6) is 0.398. The van der Waals surface area contributed by atoms with Crippen LogP contribution >= 0.6 is 15.9 Å². The minimum Gasteiger partial charge on any atom is -0.388 e. The highest BCUT2D eigenvalue weighted by atomic mass is 79.9. The molecule has 0 bridgehead atoms. The molecular formula is C15H20BrFO. The Labute approximate surface area is 117 Å². The Hall–Kier alpha value is -0.410. The molecule has 0 radical (unpaired) electrons. The van der Waals surface area contributed by atoms with E-state index >= 15 is 0 Å². The lowest BCUT2D eigenvalue weighted by Crippen LogP contribution is -2.26. The molecule has 0 heterocycles.